The largest absolute Gasteiger partial charge is 0.457 e. The van der Waals surface area contributed by atoms with Crippen molar-refractivity contribution in [1.29, 1.82) is 0 Å². The molecule has 6 heteroatoms. The number of carbonyl (C=O) groups excluding carboxylic acids is 2. The van der Waals surface area contributed by atoms with Crippen molar-refractivity contribution in [3.63, 3.8) is 0 Å². The first-order valence-corrected chi connectivity index (χ1v) is 9.32. The number of amides is 1. The molecule has 1 N–H and O–H groups in total. The summed E-state index contributed by atoms with van der Waals surface area (Å²) in [6, 6.07) is 16.4. The van der Waals surface area contributed by atoms with E-state index in [1.165, 1.54) is 13.0 Å². The van der Waals surface area contributed by atoms with Gasteiger partial charge in [-0.1, -0.05) is 36.4 Å². The lowest BCUT2D eigenvalue weighted by atomic mass is 10.1. The first-order valence-electron chi connectivity index (χ1n) is 9.32. The number of hydrogen-bond acceptors (Lipinski definition) is 4. The van der Waals surface area contributed by atoms with Gasteiger partial charge in [0.25, 0.3) is 11.5 Å². The number of hydrogen-bond donors (Lipinski definition) is 1. The molecular weight excluding hydrogens is 368 g/mol. The van der Waals surface area contributed by atoms with Gasteiger partial charge in [-0.15, -0.1) is 0 Å². The third-order valence-electron chi connectivity index (χ3n) is 5.02. The number of aromatic amines is 1. The zero-order valence-corrected chi connectivity index (χ0v) is 16.2. The van der Waals surface area contributed by atoms with Gasteiger partial charge >= 0.3 is 0 Å². The number of pyridine rings is 1. The molecule has 0 fully saturated rings. The van der Waals surface area contributed by atoms with E-state index in [1.54, 1.807) is 11.8 Å². The summed E-state index contributed by atoms with van der Waals surface area (Å²) in [7, 11) is 0. The second-order valence-electron chi connectivity index (χ2n) is 7.09. The van der Waals surface area contributed by atoms with Gasteiger partial charge in [0, 0.05) is 22.4 Å². The van der Waals surface area contributed by atoms with Gasteiger partial charge in [0.1, 0.15) is 17.1 Å². The van der Waals surface area contributed by atoms with Crippen molar-refractivity contribution < 1.29 is 14.3 Å². The molecule has 4 rings (SSSR count). The monoisotopic (exact) mass is 388 g/mol. The fourth-order valence-corrected chi connectivity index (χ4v) is 3.52. The van der Waals surface area contributed by atoms with Crippen molar-refractivity contribution in [3.8, 4) is 11.5 Å². The van der Waals surface area contributed by atoms with Crippen LogP contribution < -0.4 is 10.3 Å². The lowest BCUT2D eigenvalue weighted by Crippen LogP contribution is -2.35. The van der Waals surface area contributed by atoms with Gasteiger partial charge in [-0.05, 0) is 32.0 Å². The quantitative estimate of drug-likeness (QED) is 0.677. The molecule has 0 bridgehead atoms. The number of carbonyl (C=O) groups is 2. The van der Waals surface area contributed by atoms with Crippen LogP contribution in [0.2, 0.25) is 0 Å². The normalized spacial score (nSPS) is 12.8. The number of Topliss-reactive ketones (excluding diaryl/α,β-unsaturated/α-hetero) is 1. The van der Waals surface area contributed by atoms with E-state index >= 15 is 0 Å². The SMILES string of the molecule is CC(=O)c1cc(C(=O)N2Cc3ccccc3Oc3ccccc3C2)c(=O)[nH]c1C. The molecular formula is C23H20N2O4. The maximum atomic E-state index is 13.3. The molecule has 0 unspecified atom stereocenters. The van der Waals surface area contributed by atoms with Crippen LogP contribution in [0.5, 0.6) is 11.5 Å². The Morgan fingerprint density at radius 3 is 2.03 bits per heavy atom. The smallest absolute Gasteiger partial charge is 0.261 e. The molecule has 1 amide bonds. The van der Waals surface area contributed by atoms with E-state index in [4.69, 9.17) is 4.74 Å². The maximum Gasteiger partial charge on any atom is 0.261 e. The van der Waals surface area contributed by atoms with E-state index < -0.39 is 11.5 Å². The highest BCUT2D eigenvalue weighted by molar-refractivity contribution is 6.00. The number of para-hydroxylation sites is 2. The molecule has 29 heavy (non-hydrogen) atoms. The summed E-state index contributed by atoms with van der Waals surface area (Å²) in [5.41, 5.74) is 1.92. The third kappa shape index (κ3) is 3.57. The van der Waals surface area contributed by atoms with Gasteiger partial charge < -0.3 is 14.6 Å². The van der Waals surface area contributed by atoms with Crippen molar-refractivity contribution >= 4 is 11.7 Å². The van der Waals surface area contributed by atoms with Crippen molar-refractivity contribution in [1.82, 2.24) is 9.88 Å². The minimum atomic E-state index is -0.502. The summed E-state index contributed by atoms with van der Waals surface area (Å²) in [6.45, 7) is 3.62. The van der Waals surface area contributed by atoms with Crippen molar-refractivity contribution in [3.05, 3.63) is 92.9 Å². The number of fused-ring (bicyclic) bond motifs is 2. The molecule has 3 aromatic rings. The molecule has 6 nitrogen and oxygen atoms in total. The molecule has 1 aliphatic heterocycles. The van der Waals surface area contributed by atoms with E-state index in [2.05, 4.69) is 4.98 Å². The van der Waals surface area contributed by atoms with Crippen LogP contribution in [0.1, 0.15) is 44.5 Å². The maximum absolute atomic E-state index is 13.3. The molecule has 146 valence electrons. The zero-order chi connectivity index (χ0) is 20.5. The Kier molecular flexibility index (Phi) is 4.76. The Hall–Kier alpha value is -3.67. The lowest BCUT2D eigenvalue weighted by Gasteiger charge is -2.27. The molecule has 0 saturated carbocycles. The summed E-state index contributed by atoms with van der Waals surface area (Å²) < 4.78 is 6.06. The number of ketones is 1. The number of aromatic nitrogens is 1. The second kappa shape index (κ2) is 7.39. The molecule has 0 atom stereocenters. The Morgan fingerprint density at radius 1 is 0.931 bits per heavy atom. The first kappa shape index (κ1) is 18.7. The highest BCUT2D eigenvalue weighted by Crippen LogP contribution is 2.33. The summed E-state index contributed by atoms with van der Waals surface area (Å²) >= 11 is 0. The van der Waals surface area contributed by atoms with Gasteiger partial charge in [-0.3, -0.25) is 14.4 Å². The van der Waals surface area contributed by atoms with E-state index in [9.17, 15) is 14.4 Å². The van der Waals surface area contributed by atoms with Crippen LogP contribution in [0, 0.1) is 6.92 Å². The van der Waals surface area contributed by atoms with E-state index in [1.807, 2.05) is 48.5 Å². The average Bonchev–Trinajstić information content (AvgIpc) is 2.67. The fraction of sp³-hybridized carbons (Fsp3) is 0.174. The number of benzene rings is 2. The van der Waals surface area contributed by atoms with Crippen LogP contribution in [-0.4, -0.2) is 21.6 Å². The van der Waals surface area contributed by atoms with Crippen LogP contribution in [0.15, 0.2) is 59.4 Å². The van der Waals surface area contributed by atoms with Crippen LogP contribution in [0.25, 0.3) is 0 Å². The van der Waals surface area contributed by atoms with E-state index in [0.717, 1.165) is 11.1 Å². The highest BCUT2D eigenvalue weighted by atomic mass is 16.5. The van der Waals surface area contributed by atoms with E-state index in [-0.39, 0.29) is 24.4 Å². The average molecular weight is 388 g/mol. The van der Waals surface area contributed by atoms with Crippen LogP contribution in [-0.2, 0) is 13.1 Å². The van der Waals surface area contributed by atoms with Crippen LogP contribution in [0.3, 0.4) is 0 Å². The number of ether oxygens (including phenoxy) is 1. The van der Waals surface area contributed by atoms with Gasteiger partial charge in [-0.2, -0.15) is 0 Å². The third-order valence-corrected chi connectivity index (χ3v) is 5.02. The van der Waals surface area contributed by atoms with Crippen LogP contribution >= 0.6 is 0 Å². The highest BCUT2D eigenvalue weighted by Gasteiger charge is 2.25. The van der Waals surface area contributed by atoms with E-state index in [0.29, 0.717) is 22.8 Å². The van der Waals surface area contributed by atoms with Gasteiger partial charge in [-0.25, -0.2) is 0 Å². The summed E-state index contributed by atoms with van der Waals surface area (Å²) in [5, 5.41) is 0. The number of nitrogens with zero attached hydrogens (tertiary/aromatic N) is 1. The summed E-state index contributed by atoms with van der Waals surface area (Å²) in [5.74, 6) is 0.698. The Balaban J connectivity index is 1.81. The first-order chi connectivity index (χ1) is 13.9. The molecule has 0 radical (unpaired) electrons. The van der Waals surface area contributed by atoms with Crippen LogP contribution in [0.4, 0.5) is 0 Å². The predicted octanol–water partition coefficient (Wildman–Crippen LogP) is 3.83. The molecule has 0 saturated heterocycles. The zero-order valence-electron chi connectivity index (χ0n) is 16.2. The number of rotatable bonds is 2. The van der Waals surface area contributed by atoms with Gasteiger partial charge in [0.2, 0.25) is 0 Å². The second-order valence-corrected chi connectivity index (χ2v) is 7.09. The molecule has 2 heterocycles. The fourth-order valence-electron chi connectivity index (χ4n) is 3.52. The Labute approximate surface area is 167 Å². The molecule has 2 aromatic carbocycles. The van der Waals surface area contributed by atoms with Crippen molar-refractivity contribution in [2.45, 2.75) is 26.9 Å². The molecule has 0 spiro atoms. The Bertz CT molecular complexity index is 1130. The molecule has 0 aliphatic carbocycles. The summed E-state index contributed by atoms with van der Waals surface area (Å²) in [6.07, 6.45) is 0. The topological polar surface area (TPSA) is 79.5 Å². The standard InChI is InChI=1S/C23H20N2O4/c1-14-18(15(2)26)11-19(22(27)24-14)23(28)25-12-16-7-3-5-9-20(16)29-21-10-6-4-8-17(21)13-25/h3-11H,12-13H2,1-2H3,(H,24,27). The number of aryl methyl sites for hydroxylation is 1. The minimum absolute atomic E-state index is 0.0442. The van der Waals surface area contributed by atoms with Crippen molar-refractivity contribution in [2.75, 3.05) is 0 Å². The Morgan fingerprint density at radius 2 is 1.48 bits per heavy atom. The van der Waals surface area contributed by atoms with Gasteiger partial charge in [0.05, 0.1) is 13.1 Å². The predicted molar refractivity (Wildman–Crippen MR) is 108 cm³/mol. The molecule has 1 aromatic heterocycles. The molecule has 1 aliphatic rings. The van der Waals surface area contributed by atoms with Gasteiger partial charge in [0.15, 0.2) is 5.78 Å². The number of nitrogens with one attached hydrogen (secondary N) is 1. The minimum Gasteiger partial charge on any atom is -0.457 e. The lowest BCUT2D eigenvalue weighted by molar-refractivity contribution is 0.0723. The number of H-pyrrole nitrogens is 1. The summed E-state index contributed by atoms with van der Waals surface area (Å²) in [4.78, 5) is 42.0. The van der Waals surface area contributed by atoms with Crippen molar-refractivity contribution in [2.24, 2.45) is 0 Å².